The van der Waals surface area contributed by atoms with Gasteiger partial charge in [0.05, 0.1) is 22.4 Å². The number of aromatic nitrogens is 2. The van der Waals surface area contributed by atoms with Gasteiger partial charge in [0, 0.05) is 18.7 Å². The Morgan fingerprint density at radius 2 is 1.82 bits per heavy atom. The summed E-state index contributed by atoms with van der Waals surface area (Å²) in [7, 11) is 0. The van der Waals surface area contributed by atoms with E-state index in [9.17, 15) is 4.39 Å². The van der Waals surface area contributed by atoms with Crippen LogP contribution >= 0.6 is 0 Å². The Bertz CT molecular complexity index is 788. The molecule has 0 saturated carbocycles. The number of aromatic amines is 1. The molecule has 5 heteroatoms. The molecule has 0 amide bonds. The quantitative estimate of drug-likeness (QED) is 0.720. The molecule has 0 radical (unpaired) electrons. The first-order valence-corrected chi connectivity index (χ1v) is 7.42. The van der Waals surface area contributed by atoms with Crippen LogP contribution in [0.3, 0.4) is 0 Å². The Balaban J connectivity index is 2.08. The summed E-state index contributed by atoms with van der Waals surface area (Å²) in [5.74, 6) is 0.457. The van der Waals surface area contributed by atoms with E-state index >= 15 is 0 Å². The van der Waals surface area contributed by atoms with Crippen LogP contribution in [-0.4, -0.2) is 23.1 Å². The topological polar surface area (TPSA) is 57.9 Å². The monoisotopic (exact) mass is 298 g/mol. The molecule has 114 valence electrons. The molecular formula is C17H19FN4. The number of H-pyrrole nitrogens is 1. The first-order valence-electron chi connectivity index (χ1n) is 7.42. The highest BCUT2D eigenvalue weighted by atomic mass is 19.1. The van der Waals surface area contributed by atoms with Gasteiger partial charge >= 0.3 is 0 Å². The van der Waals surface area contributed by atoms with E-state index in [1.54, 1.807) is 12.1 Å². The summed E-state index contributed by atoms with van der Waals surface area (Å²) in [4.78, 5) is 10.0. The second-order valence-corrected chi connectivity index (χ2v) is 5.19. The predicted molar refractivity (Wildman–Crippen MR) is 89.5 cm³/mol. The van der Waals surface area contributed by atoms with Crippen molar-refractivity contribution >= 4 is 22.4 Å². The molecule has 1 heterocycles. The maximum absolute atomic E-state index is 13.0. The zero-order valence-corrected chi connectivity index (χ0v) is 12.7. The van der Waals surface area contributed by atoms with Crippen molar-refractivity contribution in [3.8, 4) is 11.4 Å². The van der Waals surface area contributed by atoms with Crippen molar-refractivity contribution in [1.29, 1.82) is 0 Å². The lowest BCUT2D eigenvalue weighted by Gasteiger charge is -2.22. The third kappa shape index (κ3) is 2.50. The van der Waals surface area contributed by atoms with Crippen LogP contribution in [-0.2, 0) is 0 Å². The summed E-state index contributed by atoms with van der Waals surface area (Å²) in [6.07, 6.45) is 0. The number of halogens is 1. The molecule has 0 saturated heterocycles. The SMILES string of the molecule is CCN(CC)c1cc2nc(-c3ccc(F)cc3)[nH]c2cc1N. The van der Waals surface area contributed by atoms with E-state index in [1.165, 1.54) is 12.1 Å². The molecule has 0 fully saturated rings. The average Bonchev–Trinajstić information content (AvgIpc) is 2.92. The summed E-state index contributed by atoms with van der Waals surface area (Å²) in [5.41, 5.74) is 10.5. The van der Waals surface area contributed by atoms with Crippen LogP contribution in [0.2, 0.25) is 0 Å². The van der Waals surface area contributed by atoms with E-state index < -0.39 is 0 Å². The molecule has 0 spiro atoms. The summed E-state index contributed by atoms with van der Waals surface area (Å²) in [6.45, 7) is 5.98. The number of nitrogens with zero attached hydrogens (tertiary/aromatic N) is 2. The molecule has 0 aliphatic rings. The van der Waals surface area contributed by atoms with Crippen LogP contribution < -0.4 is 10.6 Å². The van der Waals surface area contributed by atoms with Gasteiger partial charge in [-0.3, -0.25) is 0 Å². The van der Waals surface area contributed by atoms with Gasteiger partial charge in [0.25, 0.3) is 0 Å². The number of anilines is 2. The molecule has 4 nitrogen and oxygen atoms in total. The van der Waals surface area contributed by atoms with Gasteiger partial charge in [0.2, 0.25) is 0 Å². The van der Waals surface area contributed by atoms with Crippen molar-refractivity contribution in [2.45, 2.75) is 13.8 Å². The van der Waals surface area contributed by atoms with Gasteiger partial charge < -0.3 is 15.6 Å². The van der Waals surface area contributed by atoms with Crippen LogP contribution in [0.4, 0.5) is 15.8 Å². The lowest BCUT2D eigenvalue weighted by molar-refractivity contribution is 0.628. The van der Waals surface area contributed by atoms with Gasteiger partial charge in [-0.1, -0.05) is 0 Å². The predicted octanol–water partition coefficient (Wildman–Crippen LogP) is 3.80. The van der Waals surface area contributed by atoms with Crippen LogP contribution in [0.25, 0.3) is 22.4 Å². The fourth-order valence-corrected chi connectivity index (χ4v) is 2.65. The number of imidazole rings is 1. The molecular weight excluding hydrogens is 279 g/mol. The summed E-state index contributed by atoms with van der Waals surface area (Å²) < 4.78 is 13.0. The minimum atomic E-state index is -0.257. The van der Waals surface area contributed by atoms with Gasteiger partial charge in [0.1, 0.15) is 11.6 Å². The van der Waals surface area contributed by atoms with Crippen molar-refractivity contribution in [2.24, 2.45) is 0 Å². The standard InChI is InChI=1S/C17H19FN4/c1-3-22(4-2)16-10-15-14(9-13(16)19)20-17(21-15)11-5-7-12(18)8-6-11/h5-10H,3-4,19H2,1-2H3,(H,20,21). The fourth-order valence-electron chi connectivity index (χ4n) is 2.65. The Morgan fingerprint density at radius 3 is 2.45 bits per heavy atom. The number of nitrogens with one attached hydrogen (secondary N) is 1. The zero-order valence-electron chi connectivity index (χ0n) is 12.7. The molecule has 3 N–H and O–H groups in total. The number of fused-ring (bicyclic) bond motifs is 1. The highest BCUT2D eigenvalue weighted by molar-refractivity contribution is 5.89. The molecule has 3 rings (SSSR count). The normalized spacial score (nSPS) is 11.0. The molecule has 0 unspecified atom stereocenters. The van der Waals surface area contributed by atoms with E-state index in [4.69, 9.17) is 5.73 Å². The number of nitrogen functional groups attached to an aromatic ring is 1. The first kappa shape index (κ1) is 14.4. The smallest absolute Gasteiger partial charge is 0.138 e. The number of nitrogens with two attached hydrogens (primary N) is 1. The first-order chi connectivity index (χ1) is 10.6. The van der Waals surface area contributed by atoms with E-state index in [2.05, 4.69) is 28.7 Å². The van der Waals surface area contributed by atoms with Crippen molar-refractivity contribution < 1.29 is 4.39 Å². The van der Waals surface area contributed by atoms with E-state index in [0.717, 1.165) is 41.1 Å². The molecule has 0 bridgehead atoms. The van der Waals surface area contributed by atoms with Crippen LogP contribution in [0, 0.1) is 5.82 Å². The van der Waals surface area contributed by atoms with Crippen LogP contribution in [0.15, 0.2) is 36.4 Å². The van der Waals surface area contributed by atoms with Crippen molar-refractivity contribution in [1.82, 2.24) is 9.97 Å². The van der Waals surface area contributed by atoms with E-state index in [1.807, 2.05) is 12.1 Å². The summed E-state index contributed by atoms with van der Waals surface area (Å²) >= 11 is 0. The van der Waals surface area contributed by atoms with Gasteiger partial charge in [0.15, 0.2) is 0 Å². The van der Waals surface area contributed by atoms with Gasteiger partial charge in [-0.25, -0.2) is 9.37 Å². The minimum absolute atomic E-state index is 0.257. The Labute approximate surface area is 128 Å². The van der Waals surface area contributed by atoms with Crippen LogP contribution in [0.5, 0.6) is 0 Å². The fraction of sp³-hybridized carbons (Fsp3) is 0.235. The maximum Gasteiger partial charge on any atom is 0.138 e. The van der Waals surface area contributed by atoms with Crippen molar-refractivity contribution in [3.63, 3.8) is 0 Å². The lowest BCUT2D eigenvalue weighted by Crippen LogP contribution is -2.22. The molecule has 0 aliphatic heterocycles. The Morgan fingerprint density at radius 1 is 1.14 bits per heavy atom. The highest BCUT2D eigenvalue weighted by Crippen LogP contribution is 2.30. The zero-order chi connectivity index (χ0) is 15.7. The molecule has 22 heavy (non-hydrogen) atoms. The number of hydrogen-bond acceptors (Lipinski definition) is 3. The van der Waals surface area contributed by atoms with E-state index in [0.29, 0.717) is 5.82 Å². The molecule has 1 aromatic heterocycles. The summed E-state index contributed by atoms with van der Waals surface area (Å²) in [6, 6.07) is 10.2. The minimum Gasteiger partial charge on any atom is -0.397 e. The molecule has 2 aromatic carbocycles. The average molecular weight is 298 g/mol. The number of rotatable bonds is 4. The maximum atomic E-state index is 13.0. The van der Waals surface area contributed by atoms with Crippen molar-refractivity contribution in [2.75, 3.05) is 23.7 Å². The lowest BCUT2D eigenvalue weighted by atomic mass is 10.2. The van der Waals surface area contributed by atoms with Gasteiger partial charge in [-0.2, -0.15) is 0 Å². The Kier molecular flexibility index (Phi) is 3.71. The summed E-state index contributed by atoms with van der Waals surface area (Å²) in [5, 5.41) is 0. The molecule has 0 atom stereocenters. The second kappa shape index (κ2) is 5.67. The highest BCUT2D eigenvalue weighted by Gasteiger charge is 2.12. The van der Waals surface area contributed by atoms with Gasteiger partial charge in [-0.15, -0.1) is 0 Å². The molecule has 3 aromatic rings. The molecule has 0 aliphatic carbocycles. The van der Waals surface area contributed by atoms with Crippen molar-refractivity contribution in [3.05, 3.63) is 42.2 Å². The van der Waals surface area contributed by atoms with Crippen LogP contribution in [0.1, 0.15) is 13.8 Å². The third-order valence-corrected chi connectivity index (χ3v) is 3.85. The van der Waals surface area contributed by atoms with Gasteiger partial charge in [-0.05, 0) is 50.2 Å². The largest absolute Gasteiger partial charge is 0.397 e. The number of benzene rings is 2. The second-order valence-electron chi connectivity index (χ2n) is 5.19. The third-order valence-electron chi connectivity index (χ3n) is 3.85. The Hall–Kier alpha value is -2.56. The number of hydrogen-bond donors (Lipinski definition) is 2. The van der Waals surface area contributed by atoms with E-state index in [-0.39, 0.29) is 5.82 Å².